The Morgan fingerprint density at radius 3 is 2.19 bits per heavy atom. The number of anilines is 3. The number of nitrogens with zero attached hydrogens (tertiary/aromatic N) is 3. The van der Waals surface area contributed by atoms with Gasteiger partial charge in [-0.3, -0.25) is 4.99 Å². The monoisotopic (exact) mass is 952 g/mol. The van der Waals surface area contributed by atoms with Gasteiger partial charge in [-0.15, -0.1) is 23.8 Å². The minimum Gasteiger partial charge on any atom is -0.518 e. The van der Waals surface area contributed by atoms with E-state index in [1.54, 1.807) is 0 Å². The van der Waals surface area contributed by atoms with Crippen molar-refractivity contribution in [2.45, 2.75) is 130 Å². The Morgan fingerprint density at radius 1 is 0.793 bits per heavy atom. The van der Waals surface area contributed by atoms with Gasteiger partial charge >= 0.3 is 21.1 Å². The van der Waals surface area contributed by atoms with Crippen molar-refractivity contribution in [3.63, 3.8) is 0 Å². The van der Waals surface area contributed by atoms with Gasteiger partial charge in [-0.2, -0.15) is 6.07 Å². The van der Waals surface area contributed by atoms with Crippen LogP contribution in [0.25, 0.3) is 11.1 Å². The van der Waals surface area contributed by atoms with Crippen LogP contribution in [-0.4, -0.2) is 23.0 Å². The number of fused-ring (bicyclic) bond motifs is 2. The summed E-state index contributed by atoms with van der Waals surface area (Å²) in [6, 6.07) is 35.7. The Bertz CT molecular complexity index is 2300. The first-order valence-corrected chi connectivity index (χ1v) is 21.2. The Kier molecular flexibility index (Phi) is 11.6. The predicted octanol–water partition coefficient (Wildman–Crippen LogP) is 13.9. The van der Waals surface area contributed by atoms with Gasteiger partial charge in [-0.1, -0.05) is 147 Å². The number of para-hydroxylation sites is 1. The summed E-state index contributed by atoms with van der Waals surface area (Å²) in [5.74, 6) is 3.94. The van der Waals surface area contributed by atoms with Crippen LogP contribution in [0.1, 0.15) is 147 Å². The molecule has 5 nitrogen and oxygen atoms in total. The molecule has 4 aromatic carbocycles. The molecule has 3 heterocycles. The summed E-state index contributed by atoms with van der Waals surface area (Å²) in [5.41, 5.74) is 10.9. The van der Waals surface area contributed by atoms with Gasteiger partial charge in [0.15, 0.2) is 0 Å². The zero-order valence-corrected chi connectivity index (χ0v) is 38.3. The second kappa shape index (κ2) is 16.1. The SMILES string of the molecule is CC(C)c1cccc(C(C)C)c1-c1cc(Oc2[c-]c3c(cc2)C(C)(C)c2ccccc2N3c2cc(C(C)(C)C)ccn2)[c-]c(C2=N[C@](C)(C3CCCCC3)CO2)c1.[Pt+2]. The molecule has 0 saturated heterocycles. The summed E-state index contributed by atoms with van der Waals surface area (Å²) in [7, 11) is 0. The van der Waals surface area contributed by atoms with Crippen molar-refractivity contribution >= 4 is 23.1 Å². The van der Waals surface area contributed by atoms with E-state index in [2.05, 4.69) is 165 Å². The number of ether oxygens (including phenoxy) is 2. The average molecular weight is 953 g/mol. The third-order valence-corrected chi connectivity index (χ3v) is 12.8. The molecule has 304 valence electrons. The minimum absolute atomic E-state index is 0. The number of hydrogen-bond acceptors (Lipinski definition) is 5. The maximum atomic E-state index is 6.93. The maximum Gasteiger partial charge on any atom is 2.00 e. The van der Waals surface area contributed by atoms with E-state index in [1.165, 1.54) is 59.9 Å². The fraction of sp³-hybridized carbons (Fsp3) is 0.423. The van der Waals surface area contributed by atoms with Crippen molar-refractivity contribution in [2.24, 2.45) is 10.9 Å². The zero-order chi connectivity index (χ0) is 40.3. The second-order valence-electron chi connectivity index (χ2n) is 19.0. The molecule has 3 aliphatic rings. The van der Waals surface area contributed by atoms with Crippen molar-refractivity contribution in [3.05, 3.63) is 131 Å². The number of benzene rings is 4. The van der Waals surface area contributed by atoms with Gasteiger partial charge in [0.2, 0.25) is 0 Å². The van der Waals surface area contributed by atoms with Crippen LogP contribution in [0, 0.1) is 18.1 Å². The molecule has 1 saturated carbocycles. The third kappa shape index (κ3) is 7.81. The smallest absolute Gasteiger partial charge is 0.518 e. The zero-order valence-electron chi connectivity index (χ0n) is 36.0. The molecule has 1 fully saturated rings. The van der Waals surface area contributed by atoms with Gasteiger partial charge in [-0.05, 0) is 94.4 Å². The van der Waals surface area contributed by atoms with Gasteiger partial charge < -0.3 is 14.4 Å². The van der Waals surface area contributed by atoms with Crippen molar-refractivity contribution < 1.29 is 30.5 Å². The fourth-order valence-electron chi connectivity index (χ4n) is 9.35. The van der Waals surface area contributed by atoms with Crippen LogP contribution in [0.2, 0.25) is 0 Å². The van der Waals surface area contributed by atoms with E-state index in [0.717, 1.165) is 33.9 Å². The topological polar surface area (TPSA) is 47.0 Å². The van der Waals surface area contributed by atoms with Gasteiger partial charge in [0, 0.05) is 23.4 Å². The summed E-state index contributed by atoms with van der Waals surface area (Å²) < 4.78 is 13.5. The largest absolute Gasteiger partial charge is 2.00 e. The Labute approximate surface area is 362 Å². The number of aromatic nitrogens is 1. The van der Waals surface area contributed by atoms with E-state index in [9.17, 15) is 0 Å². The van der Waals surface area contributed by atoms with Crippen molar-refractivity contribution in [2.75, 3.05) is 11.5 Å². The fourth-order valence-corrected chi connectivity index (χ4v) is 9.35. The molecule has 0 unspecified atom stereocenters. The van der Waals surface area contributed by atoms with E-state index in [4.69, 9.17) is 19.5 Å². The summed E-state index contributed by atoms with van der Waals surface area (Å²) in [6.07, 6.45) is 8.19. The van der Waals surface area contributed by atoms with E-state index in [1.807, 2.05) is 6.20 Å². The van der Waals surface area contributed by atoms with Crippen LogP contribution in [0.4, 0.5) is 17.2 Å². The standard InChI is InChI=1S/C52H59N3O2.Pt/c1-33(2)41-19-16-20-42(34(3)4)48(41)35-27-36(49-54-52(10,32-56-49)37-17-12-11-13-18-37)29-40(28-35)57-39-23-24-44-46(31-39)55(45-22-15-14-21-43(45)51(44,8)9)47-30-38(25-26-53-47)50(5,6)7;/h14-16,19-28,30,33-34,37H,11-13,17-18,32H2,1-10H3;/q-2;+2/t52-;/m0./s1. The molecule has 0 amide bonds. The van der Waals surface area contributed by atoms with Crippen LogP contribution in [0.15, 0.2) is 90.1 Å². The Balaban J connectivity index is 0.00000512. The molecule has 2 aliphatic heterocycles. The van der Waals surface area contributed by atoms with Crippen LogP contribution in [-0.2, 0) is 36.6 Å². The second-order valence-corrected chi connectivity index (χ2v) is 19.0. The number of pyridine rings is 1. The van der Waals surface area contributed by atoms with Crippen LogP contribution < -0.4 is 9.64 Å². The van der Waals surface area contributed by atoms with Gasteiger partial charge in [0.25, 0.3) is 0 Å². The van der Waals surface area contributed by atoms with E-state index in [0.29, 0.717) is 41.8 Å². The molecule has 6 heteroatoms. The summed E-state index contributed by atoms with van der Waals surface area (Å²) in [6.45, 7) is 23.3. The summed E-state index contributed by atoms with van der Waals surface area (Å²) >= 11 is 0. The van der Waals surface area contributed by atoms with Gasteiger partial charge in [0.05, 0.1) is 5.54 Å². The molecule has 0 radical (unpaired) electrons. The quantitative estimate of drug-likeness (QED) is 0.145. The Morgan fingerprint density at radius 2 is 1.50 bits per heavy atom. The summed E-state index contributed by atoms with van der Waals surface area (Å²) in [4.78, 5) is 12.6. The molecule has 58 heavy (non-hydrogen) atoms. The molecule has 0 bridgehead atoms. The Hall–Kier alpha value is -4.21. The number of rotatable bonds is 8. The number of aliphatic imine (C=N–C) groups is 1. The molecular weight excluding hydrogens is 894 g/mol. The van der Waals surface area contributed by atoms with E-state index in [-0.39, 0.29) is 37.4 Å². The molecule has 0 spiro atoms. The average Bonchev–Trinajstić information content (AvgIpc) is 3.61. The van der Waals surface area contributed by atoms with Crippen molar-refractivity contribution in [1.82, 2.24) is 4.98 Å². The van der Waals surface area contributed by atoms with Gasteiger partial charge in [0.1, 0.15) is 18.3 Å². The van der Waals surface area contributed by atoms with Crippen LogP contribution in [0.3, 0.4) is 0 Å². The number of hydrogen-bond donors (Lipinski definition) is 0. The van der Waals surface area contributed by atoms with Crippen molar-refractivity contribution in [1.29, 1.82) is 0 Å². The van der Waals surface area contributed by atoms with Crippen LogP contribution >= 0.6 is 0 Å². The van der Waals surface area contributed by atoms with Crippen molar-refractivity contribution in [3.8, 4) is 22.6 Å². The molecule has 5 aromatic rings. The maximum absolute atomic E-state index is 6.93. The van der Waals surface area contributed by atoms with Gasteiger partial charge in [-0.25, -0.2) is 4.98 Å². The molecule has 1 atom stereocenters. The molecular formula is C52H59N3O2Pt. The first kappa shape index (κ1) is 41.9. The van der Waals surface area contributed by atoms with E-state index >= 15 is 0 Å². The van der Waals surface area contributed by atoms with Crippen LogP contribution in [0.5, 0.6) is 11.5 Å². The molecule has 1 aliphatic carbocycles. The summed E-state index contributed by atoms with van der Waals surface area (Å²) in [5, 5.41) is 0. The molecule has 1 aromatic heterocycles. The molecule has 8 rings (SSSR count). The normalized spacial score (nSPS) is 19.0. The third-order valence-electron chi connectivity index (χ3n) is 12.8. The first-order chi connectivity index (χ1) is 27.1. The first-order valence-electron chi connectivity index (χ1n) is 21.2. The van der Waals surface area contributed by atoms with E-state index < -0.39 is 0 Å². The molecule has 0 N–H and O–H groups in total. The predicted molar refractivity (Wildman–Crippen MR) is 235 cm³/mol. The minimum atomic E-state index is -0.269.